The van der Waals surface area contributed by atoms with Crippen molar-refractivity contribution in [2.24, 2.45) is 5.92 Å². The molecule has 0 bridgehead atoms. The van der Waals surface area contributed by atoms with Gasteiger partial charge in [0.05, 0.1) is 11.7 Å². The number of hydrogen-bond donors (Lipinski definition) is 2. The van der Waals surface area contributed by atoms with Crippen LogP contribution >= 0.6 is 0 Å². The first-order valence-corrected chi connectivity index (χ1v) is 10.7. The number of fused-ring (bicyclic) bond motifs is 1. The summed E-state index contributed by atoms with van der Waals surface area (Å²) in [5.74, 6) is 0.649. The second-order valence-corrected chi connectivity index (χ2v) is 8.66. The zero-order chi connectivity index (χ0) is 21.3. The third-order valence-electron chi connectivity index (χ3n) is 6.68. The minimum Gasteiger partial charge on any atom is -0.393 e. The highest BCUT2D eigenvalue weighted by atomic mass is 19.4. The van der Waals surface area contributed by atoms with Crippen molar-refractivity contribution in [3.8, 4) is 0 Å². The quantitative estimate of drug-likeness (QED) is 0.601. The molecule has 1 atom stereocenters. The number of halogens is 3. The Morgan fingerprint density at radius 2 is 1.67 bits per heavy atom. The Kier molecular flexibility index (Phi) is 5.92. The lowest BCUT2D eigenvalue weighted by molar-refractivity contribution is -0.137. The van der Waals surface area contributed by atoms with Gasteiger partial charge in [-0.25, -0.2) is 0 Å². The summed E-state index contributed by atoms with van der Waals surface area (Å²) < 4.78 is 38.3. The number of benzene rings is 2. The molecule has 2 aromatic carbocycles. The lowest BCUT2D eigenvalue weighted by Gasteiger charge is -2.31. The summed E-state index contributed by atoms with van der Waals surface area (Å²) in [5.41, 5.74) is 4.93. The standard InChI is InChI=1S/C25H28F3NO/c1-16(29-24-4-2-3-20-11-14-22(30)15-23(20)24)17-5-7-18(8-6-17)19-9-12-21(13-10-19)25(26,27)28/h2-4,9-10,12-13,17-18,22,29-30H,1,5-8,11,14-15H2. The average Bonchev–Trinajstić information content (AvgIpc) is 2.74. The topological polar surface area (TPSA) is 32.3 Å². The summed E-state index contributed by atoms with van der Waals surface area (Å²) in [5, 5.41) is 13.6. The number of nitrogens with one attached hydrogen (secondary N) is 1. The average molecular weight is 415 g/mol. The predicted molar refractivity (Wildman–Crippen MR) is 113 cm³/mol. The number of allylic oxidation sites excluding steroid dienone is 1. The molecule has 0 radical (unpaired) electrons. The Morgan fingerprint density at radius 3 is 2.33 bits per heavy atom. The molecule has 0 spiro atoms. The highest BCUT2D eigenvalue weighted by Crippen LogP contribution is 2.40. The van der Waals surface area contributed by atoms with E-state index in [2.05, 4.69) is 24.0 Å². The van der Waals surface area contributed by atoms with E-state index in [1.165, 1.54) is 23.3 Å². The van der Waals surface area contributed by atoms with Gasteiger partial charge in [0.1, 0.15) is 0 Å². The van der Waals surface area contributed by atoms with Crippen LogP contribution in [0.5, 0.6) is 0 Å². The molecule has 1 fully saturated rings. The second-order valence-electron chi connectivity index (χ2n) is 8.66. The van der Waals surface area contributed by atoms with Crippen LogP contribution in [0.3, 0.4) is 0 Å². The molecule has 0 aliphatic heterocycles. The number of aryl methyl sites for hydroxylation is 1. The van der Waals surface area contributed by atoms with Crippen LogP contribution in [0.1, 0.15) is 60.3 Å². The maximum Gasteiger partial charge on any atom is 0.416 e. The lowest BCUT2D eigenvalue weighted by Crippen LogP contribution is -2.22. The fourth-order valence-corrected chi connectivity index (χ4v) is 4.88. The summed E-state index contributed by atoms with van der Waals surface area (Å²) in [7, 11) is 0. The van der Waals surface area contributed by atoms with E-state index in [0.29, 0.717) is 18.3 Å². The monoisotopic (exact) mass is 415 g/mol. The molecule has 1 unspecified atom stereocenters. The Bertz CT molecular complexity index is 896. The van der Waals surface area contributed by atoms with Crippen molar-refractivity contribution in [1.82, 2.24) is 0 Å². The third kappa shape index (κ3) is 4.56. The second kappa shape index (κ2) is 8.46. The Labute approximate surface area is 175 Å². The van der Waals surface area contributed by atoms with Crippen LogP contribution in [0.15, 0.2) is 54.7 Å². The van der Waals surface area contributed by atoms with E-state index in [-0.39, 0.29) is 6.10 Å². The van der Waals surface area contributed by atoms with Crippen molar-refractivity contribution in [3.63, 3.8) is 0 Å². The van der Waals surface area contributed by atoms with Crippen molar-refractivity contribution < 1.29 is 18.3 Å². The molecular weight excluding hydrogens is 387 g/mol. The highest BCUT2D eigenvalue weighted by Gasteiger charge is 2.31. The number of aliphatic hydroxyl groups is 1. The van der Waals surface area contributed by atoms with Crippen LogP contribution in [0.4, 0.5) is 18.9 Å². The Hall–Kier alpha value is -2.27. The van der Waals surface area contributed by atoms with Gasteiger partial charge in [-0.2, -0.15) is 13.2 Å². The van der Waals surface area contributed by atoms with Crippen LogP contribution in [0.25, 0.3) is 0 Å². The molecule has 2 aromatic rings. The minimum absolute atomic E-state index is 0.284. The van der Waals surface area contributed by atoms with E-state index >= 15 is 0 Å². The summed E-state index contributed by atoms with van der Waals surface area (Å²) in [6, 6.07) is 11.9. The number of alkyl halides is 3. The van der Waals surface area contributed by atoms with Gasteiger partial charge in [0.25, 0.3) is 0 Å². The number of hydrogen-bond acceptors (Lipinski definition) is 2. The fraction of sp³-hybridized carbons (Fsp3) is 0.440. The highest BCUT2D eigenvalue weighted by molar-refractivity contribution is 5.59. The maximum atomic E-state index is 12.8. The van der Waals surface area contributed by atoms with E-state index in [1.54, 1.807) is 12.1 Å². The van der Waals surface area contributed by atoms with Crippen LogP contribution in [-0.4, -0.2) is 11.2 Å². The van der Waals surface area contributed by atoms with Crippen molar-refractivity contribution in [2.75, 3.05) is 5.32 Å². The third-order valence-corrected chi connectivity index (χ3v) is 6.68. The molecule has 2 nitrogen and oxygen atoms in total. The lowest BCUT2D eigenvalue weighted by atomic mass is 9.77. The normalized spacial score (nSPS) is 24.2. The van der Waals surface area contributed by atoms with E-state index in [0.717, 1.165) is 55.5 Å². The molecule has 30 heavy (non-hydrogen) atoms. The van der Waals surface area contributed by atoms with E-state index in [9.17, 15) is 18.3 Å². The first kappa shape index (κ1) is 21.0. The first-order chi connectivity index (χ1) is 14.3. The van der Waals surface area contributed by atoms with Crippen LogP contribution in [0.2, 0.25) is 0 Å². The van der Waals surface area contributed by atoms with Gasteiger partial charge in [-0.1, -0.05) is 30.8 Å². The Balaban J connectivity index is 1.36. The summed E-state index contributed by atoms with van der Waals surface area (Å²) >= 11 is 0. The van der Waals surface area contributed by atoms with Crippen LogP contribution < -0.4 is 5.32 Å². The van der Waals surface area contributed by atoms with Crippen LogP contribution in [0, 0.1) is 5.92 Å². The van der Waals surface area contributed by atoms with Crippen LogP contribution in [-0.2, 0) is 19.0 Å². The molecule has 4 rings (SSSR count). The maximum absolute atomic E-state index is 12.8. The molecule has 0 saturated heterocycles. The van der Waals surface area contributed by atoms with Gasteiger partial charge < -0.3 is 10.4 Å². The Morgan fingerprint density at radius 1 is 0.967 bits per heavy atom. The van der Waals surface area contributed by atoms with Gasteiger partial charge in [-0.3, -0.25) is 0 Å². The van der Waals surface area contributed by atoms with E-state index in [1.807, 2.05) is 6.07 Å². The zero-order valence-corrected chi connectivity index (χ0v) is 17.0. The molecule has 5 heteroatoms. The molecular formula is C25H28F3NO. The van der Waals surface area contributed by atoms with E-state index in [4.69, 9.17) is 0 Å². The smallest absolute Gasteiger partial charge is 0.393 e. The zero-order valence-electron chi connectivity index (χ0n) is 17.0. The summed E-state index contributed by atoms with van der Waals surface area (Å²) in [4.78, 5) is 0. The number of anilines is 1. The molecule has 160 valence electrons. The molecule has 2 aliphatic carbocycles. The van der Waals surface area contributed by atoms with Gasteiger partial charge in [-0.15, -0.1) is 0 Å². The molecule has 1 saturated carbocycles. The largest absolute Gasteiger partial charge is 0.416 e. The minimum atomic E-state index is -4.29. The van der Waals surface area contributed by atoms with Crippen molar-refractivity contribution in [2.45, 2.75) is 63.1 Å². The van der Waals surface area contributed by atoms with Crippen molar-refractivity contribution in [3.05, 3.63) is 77.0 Å². The van der Waals surface area contributed by atoms with Crippen molar-refractivity contribution in [1.29, 1.82) is 0 Å². The van der Waals surface area contributed by atoms with E-state index < -0.39 is 11.7 Å². The molecule has 0 amide bonds. The van der Waals surface area contributed by atoms with Gasteiger partial charge in [-0.05, 0) is 85.3 Å². The van der Waals surface area contributed by atoms with Gasteiger partial charge in [0.2, 0.25) is 0 Å². The predicted octanol–water partition coefficient (Wildman–Crippen LogP) is 6.45. The van der Waals surface area contributed by atoms with Gasteiger partial charge in [0.15, 0.2) is 0 Å². The van der Waals surface area contributed by atoms with Gasteiger partial charge >= 0.3 is 6.18 Å². The molecule has 0 heterocycles. The fourth-order valence-electron chi connectivity index (χ4n) is 4.88. The SMILES string of the molecule is C=C(Nc1cccc2c1CC(O)CC2)C1CCC(c2ccc(C(F)(F)F)cc2)CC1. The summed E-state index contributed by atoms with van der Waals surface area (Å²) in [6.07, 6.45) is 1.64. The first-order valence-electron chi connectivity index (χ1n) is 10.7. The summed E-state index contributed by atoms with van der Waals surface area (Å²) in [6.45, 7) is 4.28. The molecule has 2 aliphatic rings. The number of rotatable bonds is 4. The van der Waals surface area contributed by atoms with Gasteiger partial charge in [0, 0.05) is 17.8 Å². The van der Waals surface area contributed by atoms with Crippen molar-refractivity contribution >= 4 is 5.69 Å². The number of aliphatic hydroxyl groups excluding tert-OH is 1. The molecule has 0 aromatic heterocycles. The molecule has 2 N–H and O–H groups in total.